The summed E-state index contributed by atoms with van der Waals surface area (Å²) in [6.07, 6.45) is 0. The highest BCUT2D eigenvalue weighted by Gasteiger charge is 2.14. The van der Waals surface area contributed by atoms with Gasteiger partial charge in [-0.15, -0.1) is 11.8 Å². The summed E-state index contributed by atoms with van der Waals surface area (Å²) in [6, 6.07) is 25.5. The first-order valence-electron chi connectivity index (χ1n) is 7.22. The number of nitriles is 1. The average Bonchev–Trinajstić information content (AvgIpc) is 2.61. The standard InChI is InChI=1S/C20H13NS/c21-12-16-13-22-20(15-7-2-1-3-8-15)19-17-9-5-4-6-14(17)10-11-18(16)19/h1-11H,13H2. The van der Waals surface area contributed by atoms with Crippen LogP contribution in [0.25, 0.3) is 21.3 Å². The van der Waals surface area contributed by atoms with Crippen molar-refractivity contribution in [3.63, 3.8) is 0 Å². The van der Waals surface area contributed by atoms with Crippen LogP contribution in [0.2, 0.25) is 0 Å². The maximum atomic E-state index is 9.46. The largest absolute Gasteiger partial charge is 0.193 e. The molecule has 0 aromatic heterocycles. The molecule has 1 nitrogen and oxygen atoms in total. The molecular weight excluding hydrogens is 286 g/mol. The Morgan fingerprint density at radius 1 is 0.864 bits per heavy atom. The van der Waals surface area contributed by atoms with Crippen molar-refractivity contribution in [1.29, 1.82) is 5.26 Å². The molecule has 0 saturated heterocycles. The van der Waals surface area contributed by atoms with Crippen LogP contribution in [0.15, 0.2) is 66.7 Å². The molecule has 3 aromatic carbocycles. The van der Waals surface area contributed by atoms with Crippen LogP contribution in [-0.4, -0.2) is 5.75 Å². The van der Waals surface area contributed by atoms with Gasteiger partial charge in [-0.3, -0.25) is 0 Å². The van der Waals surface area contributed by atoms with E-state index in [-0.39, 0.29) is 0 Å². The summed E-state index contributed by atoms with van der Waals surface area (Å²) in [4.78, 5) is 1.27. The smallest absolute Gasteiger partial charge is 0.0962 e. The Morgan fingerprint density at radius 2 is 1.64 bits per heavy atom. The molecule has 0 spiro atoms. The van der Waals surface area contributed by atoms with Crippen LogP contribution in [0.1, 0.15) is 5.56 Å². The highest BCUT2D eigenvalue weighted by Crippen LogP contribution is 2.28. The van der Waals surface area contributed by atoms with E-state index in [0.29, 0.717) is 0 Å². The van der Waals surface area contributed by atoms with Crippen LogP contribution in [0.3, 0.4) is 0 Å². The maximum Gasteiger partial charge on any atom is 0.0962 e. The van der Waals surface area contributed by atoms with Crippen LogP contribution >= 0.6 is 11.8 Å². The van der Waals surface area contributed by atoms with E-state index in [4.69, 9.17) is 0 Å². The number of benzene rings is 3. The molecule has 2 heteroatoms. The zero-order valence-electron chi connectivity index (χ0n) is 11.9. The molecule has 3 aromatic rings. The zero-order valence-corrected chi connectivity index (χ0v) is 12.7. The Kier molecular flexibility index (Phi) is 3.21. The number of nitrogens with zero attached hydrogens (tertiary/aromatic N) is 1. The summed E-state index contributed by atoms with van der Waals surface area (Å²) in [5.74, 6) is 0.742. The molecule has 1 aliphatic heterocycles. The third-order valence-electron chi connectivity index (χ3n) is 4.01. The highest BCUT2D eigenvalue weighted by atomic mass is 32.2. The number of rotatable bonds is 1. The number of hydrogen-bond donors (Lipinski definition) is 0. The molecule has 104 valence electrons. The summed E-state index contributed by atoms with van der Waals surface area (Å²) < 4.78 is 0. The summed E-state index contributed by atoms with van der Waals surface area (Å²) in [7, 11) is 0. The fourth-order valence-electron chi connectivity index (χ4n) is 2.97. The third kappa shape index (κ3) is 2.03. The van der Waals surface area contributed by atoms with Crippen molar-refractivity contribution in [3.8, 4) is 6.07 Å². The van der Waals surface area contributed by atoms with Crippen molar-refractivity contribution >= 4 is 33.0 Å². The summed E-state index contributed by atoms with van der Waals surface area (Å²) >= 11 is 1.76. The Hall–Kier alpha value is -2.50. The predicted molar refractivity (Wildman–Crippen MR) is 93.6 cm³/mol. The fraction of sp³-hybridized carbons (Fsp3) is 0.0500. The third-order valence-corrected chi connectivity index (χ3v) is 5.17. The highest BCUT2D eigenvalue weighted by molar-refractivity contribution is 8.08. The molecule has 1 aliphatic rings. The Labute approximate surface area is 133 Å². The van der Waals surface area contributed by atoms with Crippen molar-refractivity contribution in [2.45, 2.75) is 0 Å². The van der Waals surface area contributed by atoms with Gasteiger partial charge in [-0.2, -0.15) is 5.26 Å². The van der Waals surface area contributed by atoms with Gasteiger partial charge in [0.2, 0.25) is 0 Å². The van der Waals surface area contributed by atoms with Gasteiger partial charge in [0.05, 0.1) is 6.07 Å². The number of hydrogen-bond acceptors (Lipinski definition) is 2. The summed E-state index contributed by atoms with van der Waals surface area (Å²) in [6.45, 7) is 0. The Bertz CT molecular complexity index is 1030. The van der Waals surface area contributed by atoms with Crippen molar-refractivity contribution in [3.05, 3.63) is 82.7 Å². The molecule has 0 saturated carbocycles. The van der Waals surface area contributed by atoms with E-state index < -0.39 is 0 Å². The molecule has 1 heterocycles. The number of thioether (sulfide) groups is 1. The van der Waals surface area contributed by atoms with Crippen LogP contribution in [-0.2, 0) is 0 Å². The van der Waals surface area contributed by atoms with Crippen molar-refractivity contribution in [2.24, 2.45) is 0 Å². The van der Waals surface area contributed by atoms with Crippen LogP contribution in [0, 0.1) is 11.3 Å². The lowest BCUT2D eigenvalue weighted by Gasteiger charge is -2.15. The monoisotopic (exact) mass is 299 g/mol. The van der Waals surface area contributed by atoms with Gasteiger partial charge in [-0.1, -0.05) is 66.7 Å². The quantitative estimate of drug-likeness (QED) is 0.687. The van der Waals surface area contributed by atoms with Crippen molar-refractivity contribution in [2.75, 3.05) is 5.75 Å². The second-order valence-electron chi connectivity index (χ2n) is 5.28. The normalized spacial score (nSPS) is 13.8. The van der Waals surface area contributed by atoms with Gasteiger partial charge in [-0.25, -0.2) is 0 Å². The van der Waals surface area contributed by atoms with Crippen LogP contribution in [0.5, 0.6) is 0 Å². The zero-order chi connectivity index (χ0) is 14.9. The van der Waals surface area contributed by atoms with Gasteiger partial charge in [-0.05, 0) is 21.6 Å². The molecule has 22 heavy (non-hydrogen) atoms. The average molecular weight is 299 g/mol. The van der Waals surface area contributed by atoms with E-state index in [1.54, 1.807) is 11.8 Å². The van der Waals surface area contributed by atoms with Crippen molar-refractivity contribution in [1.82, 2.24) is 0 Å². The minimum absolute atomic E-state index is 0.742. The van der Waals surface area contributed by atoms with E-state index in [1.165, 1.54) is 26.5 Å². The van der Waals surface area contributed by atoms with Crippen LogP contribution in [0.4, 0.5) is 0 Å². The molecule has 0 unspecified atom stereocenters. The van der Waals surface area contributed by atoms with Gasteiger partial charge in [0.15, 0.2) is 0 Å². The lowest BCUT2D eigenvalue weighted by Crippen LogP contribution is -2.32. The lowest BCUT2D eigenvalue weighted by molar-refractivity contribution is 1.46. The molecule has 0 N–H and O–H groups in total. The van der Waals surface area contributed by atoms with E-state index in [1.807, 2.05) is 6.07 Å². The molecule has 4 rings (SSSR count). The number of fused-ring (bicyclic) bond motifs is 3. The SMILES string of the molecule is N#CC1=c2ccc3ccccc3c2=C(c2ccccc2)SC1. The predicted octanol–water partition coefficient (Wildman–Crippen LogP) is 3.42. The second kappa shape index (κ2) is 5.36. The van der Waals surface area contributed by atoms with Gasteiger partial charge >= 0.3 is 0 Å². The summed E-state index contributed by atoms with van der Waals surface area (Å²) in [5.41, 5.74) is 2.09. The molecule has 0 atom stereocenters. The first-order chi connectivity index (χ1) is 10.9. The molecule has 0 radical (unpaired) electrons. The topological polar surface area (TPSA) is 23.8 Å². The molecule has 0 fully saturated rings. The Balaban J connectivity index is 2.27. The van der Waals surface area contributed by atoms with Gasteiger partial charge < -0.3 is 0 Å². The molecule has 0 aliphatic carbocycles. The van der Waals surface area contributed by atoms with Gasteiger partial charge in [0.1, 0.15) is 0 Å². The summed E-state index contributed by atoms with van der Waals surface area (Å²) in [5, 5.41) is 14.2. The minimum Gasteiger partial charge on any atom is -0.193 e. The Morgan fingerprint density at radius 3 is 2.45 bits per heavy atom. The van der Waals surface area contributed by atoms with Crippen molar-refractivity contribution < 1.29 is 0 Å². The molecular formula is C20H13NS. The molecule has 0 bridgehead atoms. The lowest BCUT2D eigenvalue weighted by atomic mass is 10.0. The van der Waals surface area contributed by atoms with E-state index >= 15 is 0 Å². The van der Waals surface area contributed by atoms with E-state index in [9.17, 15) is 5.26 Å². The minimum atomic E-state index is 0.742. The van der Waals surface area contributed by atoms with Gasteiger partial charge in [0.25, 0.3) is 0 Å². The first-order valence-corrected chi connectivity index (χ1v) is 8.20. The fourth-order valence-corrected chi connectivity index (χ4v) is 4.15. The van der Waals surface area contributed by atoms with Crippen LogP contribution < -0.4 is 10.4 Å². The van der Waals surface area contributed by atoms with Gasteiger partial charge in [0, 0.05) is 21.4 Å². The van der Waals surface area contributed by atoms with E-state index in [0.717, 1.165) is 16.5 Å². The van der Waals surface area contributed by atoms with E-state index in [2.05, 4.69) is 66.7 Å². The first kappa shape index (κ1) is 13.2. The molecule has 0 amide bonds. The second-order valence-corrected chi connectivity index (χ2v) is 6.27. The maximum absolute atomic E-state index is 9.46.